The van der Waals surface area contributed by atoms with Crippen LogP contribution in [-0.2, 0) is 7.05 Å². The van der Waals surface area contributed by atoms with E-state index in [9.17, 15) is 0 Å². The molecule has 0 amide bonds. The van der Waals surface area contributed by atoms with Gasteiger partial charge in [0, 0.05) is 31.1 Å². The zero-order chi connectivity index (χ0) is 7.40. The predicted octanol–water partition coefficient (Wildman–Crippen LogP) is 2.17. The van der Waals surface area contributed by atoms with E-state index in [1.54, 1.807) is 18.0 Å². The van der Waals surface area contributed by atoms with Crippen LogP contribution < -0.4 is 0 Å². The van der Waals surface area contributed by atoms with Crippen LogP contribution in [0, 0.1) is 0 Å². The summed E-state index contributed by atoms with van der Waals surface area (Å²) in [6.45, 7) is 0. The third-order valence-corrected chi connectivity index (χ3v) is 2.56. The Hall–Kier alpha value is 0.140. The molecule has 0 fully saturated rings. The Morgan fingerprint density at radius 3 is 2.91 bits per heavy atom. The number of rotatable bonds is 3. The first-order valence-corrected chi connectivity index (χ1v) is 4.52. The highest BCUT2D eigenvalue weighted by molar-refractivity contribution is 7.99. The van der Waals surface area contributed by atoms with Gasteiger partial charge in [-0.25, -0.2) is 4.98 Å². The van der Waals surface area contributed by atoms with Crippen LogP contribution in [0.2, 0.25) is 0 Å². The van der Waals surface area contributed by atoms with Crippen LogP contribution in [0.3, 0.4) is 0 Å². The molecule has 11 heavy (non-hydrogen) atoms. The van der Waals surface area contributed by atoms with Crippen LogP contribution >= 0.6 is 35.8 Å². The van der Waals surface area contributed by atoms with E-state index in [1.165, 1.54) is 0 Å². The minimum atomic E-state index is 0. The molecule has 0 aliphatic heterocycles. The van der Waals surface area contributed by atoms with E-state index in [2.05, 4.69) is 4.98 Å². The highest BCUT2D eigenvalue weighted by Crippen LogP contribution is 2.13. The number of imidazole rings is 1. The van der Waals surface area contributed by atoms with Crippen LogP contribution in [0.5, 0.6) is 0 Å². The summed E-state index contributed by atoms with van der Waals surface area (Å²) in [5.41, 5.74) is 0. The van der Waals surface area contributed by atoms with Gasteiger partial charge in [0.2, 0.25) is 0 Å². The molecule has 1 aromatic heterocycles. The number of nitrogens with zero attached hydrogens (tertiary/aromatic N) is 2. The Labute approximate surface area is 81.7 Å². The van der Waals surface area contributed by atoms with Gasteiger partial charge in [0.25, 0.3) is 0 Å². The molecular weight excluding hydrogens is 203 g/mol. The third kappa shape index (κ3) is 3.36. The second kappa shape index (κ2) is 5.75. The Bertz CT molecular complexity index is 202. The van der Waals surface area contributed by atoms with Crippen molar-refractivity contribution >= 4 is 35.8 Å². The fourth-order valence-electron chi connectivity index (χ4n) is 0.621. The maximum atomic E-state index is 5.51. The van der Waals surface area contributed by atoms with Gasteiger partial charge in [-0.1, -0.05) is 11.8 Å². The molecule has 0 unspecified atom stereocenters. The average Bonchev–Trinajstić information content (AvgIpc) is 2.31. The second-order valence-corrected chi connectivity index (χ2v) is 3.30. The molecule has 1 rings (SSSR count). The number of aryl methyl sites for hydroxylation is 1. The van der Waals surface area contributed by atoms with E-state index >= 15 is 0 Å². The van der Waals surface area contributed by atoms with Crippen molar-refractivity contribution in [1.29, 1.82) is 0 Å². The molecule has 0 saturated carbocycles. The molecule has 1 heterocycles. The highest BCUT2D eigenvalue weighted by atomic mass is 35.5. The van der Waals surface area contributed by atoms with E-state index in [-0.39, 0.29) is 12.4 Å². The van der Waals surface area contributed by atoms with Crippen molar-refractivity contribution in [1.82, 2.24) is 9.55 Å². The molecule has 0 N–H and O–H groups in total. The molecule has 1 aromatic rings. The second-order valence-electron chi connectivity index (χ2n) is 1.86. The number of alkyl halides is 1. The van der Waals surface area contributed by atoms with Crippen LogP contribution in [0.25, 0.3) is 0 Å². The van der Waals surface area contributed by atoms with E-state index in [0.29, 0.717) is 5.88 Å². The number of halogens is 2. The fraction of sp³-hybridized carbons (Fsp3) is 0.500. The number of aromatic nitrogens is 2. The highest BCUT2D eigenvalue weighted by Gasteiger charge is 1.96. The lowest BCUT2D eigenvalue weighted by molar-refractivity contribution is 0.790. The molecule has 0 bridgehead atoms. The fourth-order valence-corrected chi connectivity index (χ4v) is 1.51. The lowest BCUT2D eigenvalue weighted by atomic mass is 10.9. The van der Waals surface area contributed by atoms with Crippen LogP contribution in [-0.4, -0.2) is 21.2 Å². The molecular formula is C6H10Cl2N2S. The van der Waals surface area contributed by atoms with E-state index in [4.69, 9.17) is 11.6 Å². The Morgan fingerprint density at radius 2 is 2.45 bits per heavy atom. The normalized spacial score (nSPS) is 9.27. The smallest absolute Gasteiger partial charge is 0.167 e. The molecule has 64 valence electrons. The van der Waals surface area contributed by atoms with Crippen LogP contribution in [0.4, 0.5) is 0 Å². The monoisotopic (exact) mass is 212 g/mol. The number of thioether (sulfide) groups is 1. The molecule has 0 aromatic carbocycles. The van der Waals surface area contributed by atoms with Crippen molar-refractivity contribution in [2.45, 2.75) is 5.16 Å². The predicted molar refractivity (Wildman–Crippen MR) is 51.9 cm³/mol. The van der Waals surface area contributed by atoms with Crippen molar-refractivity contribution in [3.05, 3.63) is 12.4 Å². The van der Waals surface area contributed by atoms with Crippen molar-refractivity contribution in [3.63, 3.8) is 0 Å². The van der Waals surface area contributed by atoms with Gasteiger partial charge in [-0.05, 0) is 0 Å². The van der Waals surface area contributed by atoms with Gasteiger partial charge in [0.1, 0.15) is 0 Å². The van der Waals surface area contributed by atoms with Gasteiger partial charge >= 0.3 is 0 Å². The number of hydrogen-bond donors (Lipinski definition) is 0. The maximum Gasteiger partial charge on any atom is 0.167 e. The molecule has 0 aliphatic carbocycles. The lowest BCUT2D eigenvalue weighted by Gasteiger charge is -1.96. The standard InChI is InChI=1S/C6H9ClN2S.ClH/c1-9-4-3-8-6(9)10-5-2-7;/h3-4H,2,5H2,1H3;1H. The summed E-state index contributed by atoms with van der Waals surface area (Å²) in [7, 11) is 1.98. The number of hydrogen-bond acceptors (Lipinski definition) is 2. The van der Waals surface area contributed by atoms with E-state index in [0.717, 1.165) is 10.9 Å². The summed E-state index contributed by atoms with van der Waals surface area (Å²) in [5, 5.41) is 1.03. The van der Waals surface area contributed by atoms with Gasteiger partial charge in [-0.2, -0.15) is 0 Å². The van der Waals surface area contributed by atoms with Gasteiger partial charge < -0.3 is 4.57 Å². The Balaban J connectivity index is 0.000001000. The first-order chi connectivity index (χ1) is 4.84. The summed E-state index contributed by atoms with van der Waals surface area (Å²) in [5.74, 6) is 1.60. The van der Waals surface area contributed by atoms with Crippen molar-refractivity contribution in [2.24, 2.45) is 7.05 Å². The summed E-state index contributed by atoms with van der Waals surface area (Å²) in [4.78, 5) is 4.12. The SMILES string of the molecule is Cl.Cn1ccnc1SCCCl. The minimum Gasteiger partial charge on any atom is -0.329 e. The molecule has 0 spiro atoms. The van der Waals surface area contributed by atoms with Crippen molar-refractivity contribution in [3.8, 4) is 0 Å². The molecule has 0 aliphatic rings. The first-order valence-electron chi connectivity index (χ1n) is 3.00. The summed E-state index contributed by atoms with van der Waals surface area (Å²) in [6, 6.07) is 0. The Morgan fingerprint density at radius 1 is 1.73 bits per heavy atom. The van der Waals surface area contributed by atoms with Gasteiger partial charge in [-0.15, -0.1) is 24.0 Å². The molecule has 5 heteroatoms. The largest absolute Gasteiger partial charge is 0.329 e. The van der Waals surface area contributed by atoms with E-state index in [1.807, 2.05) is 17.8 Å². The summed E-state index contributed by atoms with van der Waals surface area (Å²) in [6.07, 6.45) is 3.72. The van der Waals surface area contributed by atoms with Gasteiger partial charge in [0.15, 0.2) is 5.16 Å². The molecule has 0 saturated heterocycles. The minimum absolute atomic E-state index is 0. The van der Waals surface area contributed by atoms with Gasteiger partial charge in [-0.3, -0.25) is 0 Å². The topological polar surface area (TPSA) is 17.8 Å². The quantitative estimate of drug-likeness (QED) is 0.565. The lowest BCUT2D eigenvalue weighted by Crippen LogP contribution is -1.90. The molecule has 0 atom stereocenters. The van der Waals surface area contributed by atoms with E-state index < -0.39 is 0 Å². The summed E-state index contributed by atoms with van der Waals surface area (Å²) < 4.78 is 1.98. The van der Waals surface area contributed by atoms with Crippen LogP contribution in [0.15, 0.2) is 17.6 Å². The maximum absolute atomic E-state index is 5.51. The van der Waals surface area contributed by atoms with Gasteiger partial charge in [0.05, 0.1) is 0 Å². The third-order valence-electron chi connectivity index (χ3n) is 1.09. The van der Waals surface area contributed by atoms with Crippen LogP contribution in [0.1, 0.15) is 0 Å². The first kappa shape index (κ1) is 11.1. The zero-order valence-electron chi connectivity index (χ0n) is 6.16. The van der Waals surface area contributed by atoms with Crippen molar-refractivity contribution < 1.29 is 0 Å². The van der Waals surface area contributed by atoms with Crippen molar-refractivity contribution in [2.75, 3.05) is 11.6 Å². The molecule has 2 nitrogen and oxygen atoms in total. The average molecular weight is 213 g/mol. The zero-order valence-corrected chi connectivity index (χ0v) is 8.55. The molecule has 0 radical (unpaired) electrons. The Kier molecular flexibility index (Phi) is 5.82. The summed E-state index contributed by atoms with van der Waals surface area (Å²) >= 11 is 7.19.